The molecule has 0 radical (unpaired) electrons. The summed E-state index contributed by atoms with van der Waals surface area (Å²) in [6.45, 7) is 6.91. The third-order valence-electron chi connectivity index (χ3n) is 5.10. The van der Waals surface area contributed by atoms with Gasteiger partial charge in [0, 0.05) is 24.3 Å². The summed E-state index contributed by atoms with van der Waals surface area (Å²) in [5.74, 6) is -1.28. The summed E-state index contributed by atoms with van der Waals surface area (Å²) < 4.78 is 5.19. The average Bonchev–Trinajstić information content (AvgIpc) is 3.05. The monoisotopic (exact) mass is 382 g/mol. The summed E-state index contributed by atoms with van der Waals surface area (Å²) in [6, 6.07) is 9.14. The Morgan fingerprint density at radius 1 is 1.21 bits per heavy atom. The molecular formula is C22H26N2O4. The molecule has 1 aromatic carbocycles. The minimum absolute atomic E-state index is 0.148. The molecule has 1 atom stereocenters. The van der Waals surface area contributed by atoms with E-state index in [0.29, 0.717) is 41.4 Å². The topological polar surface area (TPSA) is 79.5 Å². The quantitative estimate of drug-likeness (QED) is 0.487. The molecule has 0 bridgehead atoms. The van der Waals surface area contributed by atoms with Crippen LogP contribution in [0, 0.1) is 12.8 Å². The molecule has 1 saturated heterocycles. The SMILES string of the molecule is CCOC(=O)c1c(C)[nH]c(C(=O)C(=O)N2CCC[C@H](C)C2)c1-c1ccccc1. The average molecular weight is 382 g/mol. The predicted octanol–water partition coefficient (Wildman–Crippen LogP) is 3.61. The molecule has 0 saturated carbocycles. The molecule has 0 aliphatic carbocycles. The Labute approximate surface area is 164 Å². The van der Waals surface area contributed by atoms with Crippen molar-refractivity contribution >= 4 is 17.7 Å². The van der Waals surface area contributed by atoms with Gasteiger partial charge in [0.05, 0.1) is 12.2 Å². The fourth-order valence-corrected chi connectivity index (χ4v) is 3.77. The number of carbonyl (C=O) groups excluding carboxylic acids is 3. The first-order chi connectivity index (χ1) is 13.4. The standard InChI is InChI=1S/C22H26N2O4/c1-4-28-22(27)17-15(3)23-19(18(17)16-10-6-5-7-11-16)20(25)21(26)24-12-8-9-14(2)13-24/h5-7,10-11,14,23H,4,8-9,12-13H2,1-3H3/t14-/m0/s1. The number of aryl methyl sites for hydroxylation is 1. The van der Waals surface area contributed by atoms with Crippen LogP contribution in [0.2, 0.25) is 0 Å². The fraction of sp³-hybridized carbons (Fsp3) is 0.409. The molecule has 1 aliphatic heterocycles. The fourth-order valence-electron chi connectivity index (χ4n) is 3.77. The molecular weight excluding hydrogens is 356 g/mol. The lowest BCUT2D eigenvalue weighted by Gasteiger charge is -2.30. The molecule has 2 heterocycles. The highest BCUT2D eigenvalue weighted by Gasteiger charge is 2.33. The maximum atomic E-state index is 13.1. The first kappa shape index (κ1) is 19.9. The van der Waals surface area contributed by atoms with E-state index in [4.69, 9.17) is 4.74 Å². The Morgan fingerprint density at radius 2 is 1.93 bits per heavy atom. The summed E-state index contributed by atoms with van der Waals surface area (Å²) in [5, 5.41) is 0. The van der Waals surface area contributed by atoms with Gasteiger partial charge in [-0.25, -0.2) is 4.79 Å². The smallest absolute Gasteiger partial charge is 0.340 e. The molecule has 1 aromatic heterocycles. The molecule has 3 rings (SSSR count). The van der Waals surface area contributed by atoms with Gasteiger partial charge in [-0.15, -0.1) is 0 Å². The van der Waals surface area contributed by atoms with Crippen LogP contribution in [0.15, 0.2) is 30.3 Å². The van der Waals surface area contributed by atoms with Crippen molar-refractivity contribution in [1.29, 1.82) is 0 Å². The van der Waals surface area contributed by atoms with Gasteiger partial charge >= 0.3 is 5.97 Å². The maximum Gasteiger partial charge on any atom is 0.340 e. The van der Waals surface area contributed by atoms with Crippen LogP contribution in [0.25, 0.3) is 11.1 Å². The van der Waals surface area contributed by atoms with Crippen LogP contribution >= 0.6 is 0 Å². The van der Waals surface area contributed by atoms with Gasteiger partial charge < -0.3 is 14.6 Å². The van der Waals surface area contributed by atoms with Crippen molar-refractivity contribution in [2.45, 2.75) is 33.6 Å². The first-order valence-corrected chi connectivity index (χ1v) is 9.72. The summed E-state index contributed by atoms with van der Waals surface area (Å²) in [7, 11) is 0. The number of nitrogens with zero attached hydrogens (tertiary/aromatic N) is 1. The minimum Gasteiger partial charge on any atom is -0.462 e. The van der Waals surface area contributed by atoms with Gasteiger partial charge in [0.1, 0.15) is 5.69 Å². The van der Waals surface area contributed by atoms with Crippen molar-refractivity contribution in [1.82, 2.24) is 9.88 Å². The number of H-pyrrole nitrogens is 1. The van der Waals surface area contributed by atoms with Crippen LogP contribution < -0.4 is 0 Å². The Hall–Kier alpha value is -2.89. The van der Waals surface area contributed by atoms with E-state index in [0.717, 1.165) is 12.8 Å². The lowest BCUT2D eigenvalue weighted by Crippen LogP contribution is -2.43. The number of hydrogen-bond acceptors (Lipinski definition) is 4. The van der Waals surface area contributed by atoms with Crippen LogP contribution in [-0.2, 0) is 9.53 Å². The van der Waals surface area contributed by atoms with Gasteiger partial charge in [0.25, 0.3) is 11.7 Å². The number of hydrogen-bond donors (Lipinski definition) is 1. The molecule has 0 spiro atoms. The number of aromatic nitrogens is 1. The van der Waals surface area contributed by atoms with Crippen LogP contribution in [0.5, 0.6) is 0 Å². The van der Waals surface area contributed by atoms with Gasteiger partial charge in [-0.1, -0.05) is 37.3 Å². The van der Waals surface area contributed by atoms with E-state index in [2.05, 4.69) is 11.9 Å². The summed E-state index contributed by atoms with van der Waals surface area (Å²) >= 11 is 0. The van der Waals surface area contributed by atoms with Gasteiger partial charge in [0.15, 0.2) is 0 Å². The van der Waals surface area contributed by atoms with Crippen molar-refractivity contribution in [3.8, 4) is 11.1 Å². The summed E-state index contributed by atoms with van der Waals surface area (Å²) in [6.07, 6.45) is 1.95. The van der Waals surface area contributed by atoms with Crippen LogP contribution in [0.1, 0.15) is 53.2 Å². The van der Waals surface area contributed by atoms with Crippen LogP contribution in [0.4, 0.5) is 0 Å². The van der Waals surface area contributed by atoms with E-state index in [1.165, 1.54) is 0 Å². The number of ketones is 1. The second kappa shape index (κ2) is 8.42. The number of nitrogens with one attached hydrogen (secondary N) is 1. The van der Waals surface area contributed by atoms with Gasteiger partial charge in [-0.3, -0.25) is 9.59 Å². The molecule has 2 aromatic rings. The zero-order chi connectivity index (χ0) is 20.3. The number of likely N-dealkylation sites (tertiary alicyclic amines) is 1. The van der Waals surface area contributed by atoms with E-state index in [1.54, 1.807) is 18.7 Å². The van der Waals surface area contributed by atoms with Gasteiger partial charge in [0.2, 0.25) is 0 Å². The molecule has 6 nitrogen and oxygen atoms in total. The third kappa shape index (κ3) is 3.86. The molecule has 0 unspecified atom stereocenters. The Bertz CT molecular complexity index is 885. The Morgan fingerprint density at radius 3 is 2.57 bits per heavy atom. The number of amides is 1. The minimum atomic E-state index is -0.619. The van der Waals surface area contributed by atoms with Crippen molar-refractivity contribution in [2.24, 2.45) is 5.92 Å². The highest BCUT2D eigenvalue weighted by molar-refractivity contribution is 6.43. The lowest BCUT2D eigenvalue weighted by molar-refractivity contribution is -0.128. The Balaban J connectivity index is 2.05. The largest absolute Gasteiger partial charge is 0.462 e. The first-order valence-electron chi connectivity index (χ1n) is 9.72. The Kier molecular flexibility index (Phi) is 5.97. The number of carbonyl (C=O) groups is 3. The molecule has 1 fully saturated rings. The molecule has 148 valence electrons. The van der Waals surface area contributed by atoms with E-state index in [9.17, 15) is 14.4 Å². The molecule has 1 N–H and O–H groups in total. The van der Waals surface area contributed by atoms with Crippen molar-refractivity contribution in [3.63, 3.8) is 0 Å². The van der Waals surface area contributed by atoms with Gasteiger partial charge in [-0.05, 0) is 38.2 Å². The number of Topliss-reactive ketones (excluding diaryl/α,β-unsaturated/α-hetero) is 1. The molecule has 1 aliphatic rings. The number of benzene rings is 1. The van der Waals surface area contributed by atoms with E-state index in [1.807, 2.05) is 30.3 Å². The zero-order valence-electron chi connectivity index (χ0n) is 16.6. The van der Waals surface area contributed by atoms with Crippen LogP contribution in [-0.4, -0.2) is 47.2 Å². The number of piperidine rings is 1. The second-order valence-corrected chi connectivity index (χ2v) is 7.29. The molecule has 1 amide bonds. The third-order valence-corrected chi connectivity index (χ3v) is 5.10. The van der Waals surface area contributed by atoms with Crippen molar-refractivity contribution in [2.75, 3.05) is 19.7 Å². The van der Waals surface area contributed by atoms with Gasteiger partial charge in [-0.2, -0.15) is 0 Å². The predicted molar refractivity (Wildman–Crippen MR) is 106 cm³/mol. The molecule has 28 heavy (non-hydrogen) atoms. The second-order valence-electron chi connectivity index (χ2n) is 7.29. The molecule has 6 heteroatoms. The van der Waals surface area contributed by atoms with Crippen molar-refractivity contribution < 1.29 is 19.1 Å². The van der Waals surface area contributed by atoms with Crippen LogP contribution in [0.3, 0.4) is 0 Å². The summed E-state index contributed by atoms with van der Waals surface area (Å²) in [4.78, 5) is 43.2. The number of esters is 1. The van der Waals surface area contributed by atoms with E-state index in [-0.39, 0.29) is 12.3 Å². The highest BCUT2D eigenvalue weighted by Crippen LogP contribution is 2.32. The number of aromatic amines is 1. The summed E-state index contributed by atoms with van der Waals surface area (Å²) in [5.41, 5.74) is 2.09. The van der Waals surface area contributed by atoms with E-state index >= 15 is 0 Å². The normalized spacial score (nSPS) is 16.7. The number of rotatable bonds is 5. The maximum absolute atomic E-state index is 13.1. The zero-order valence-corrected chi connectivity index (χ0v) is 16.6. The van der Waals surface area contributed by atoms with Crippen molar-refractivity contribution in [3.05, 3.63) is 47.3 Å². The highest BCUT2D eigenvalue weighted by atomic mass is 16.5. The number of ether oxygens (including phenoxy) is 1. The lowest BCUT2D eigenvalue weighted by atomic mass is 9.97. The van der Waals surface area contributed by atoms with E-state index < -0.39 is 17.7 Å².